The van der Waals surface area contributed by atoms with Crippen molar-refractivity contribution in [1.82, 2.24) is 9.88 Å². The Morgan fingerprint density at radius 1 is 1.04 bits per heavy atom. The Morgan fingerprint density at radius 3 is 2.57 bits per heavy atom. The van der Waals surface area contributed by atoms with E-state index in [0.29, 0.717) is 28.7 Å². The highest BCUT2D eigenvalue weighted by Crippen LogP contribution is 2.17. The first-order chi connectivity index (χ1) is 13.5. The van der Waals surface area contributed by atoms with Gasteiger partial charge in [-0.1, -0.05) is 37.3 Å². The summed E-state index contributed by atoms with van der Waals surface area (Å²) in [6, 6.07) is 15.9. The van der Waals surface area contributed by atoms with Gasteiger partial charge in [-0.25, -0.2) is 0 Å². The number of aryl methyl sites for hydroxylation is 1. The molecular weight excluding hydrogens is 354 g/mol. The first-order valence-corrected chi connectivity index (χ1v) is 9.27. The molecule has 0 unspecified atom stereocenters. The van der Waals surface area contributed by atoms with E-state index in [-0.39, 0.29) is 23.9 Å². The highest BCUT2D eigenvalue weighted by molar-refractivity contribution is 6.06. The molecule has 6 heteroatoms. The second-order valence-electron chi connectivity index (χ2n) is 6.67. The molecule has 2 aromatic carbocycles. The molecule has 0 aliphatic rings. The standard InChI is InChI=1S/C22H23N3O3/c1-3-11-23-22(28)18-13-21(27)25(19-10-5-4-9-17(18)19)14-20(26)24-16-8-6-7-15(2)12-16/h4-10,12-13H,3,11,14H2,1-2H3,(H,23,28)(H,24,26). The minimum Gasteiger partial charge on any atom is -0.352 e. The Morgan fingerprint density at radius 2 is 1.82 bits per heavy atom. The van der Waals surface area contributed by atoms with Crippen LogP contribution in [0, 0.1) is 6.92 Å². The molecule has 2 N–H and O–H groups in total. The van der Waals surface area contributed by atoms with Gasteiger partial charge in [0.1, 0.15) is 6.54 Å². The average molecular weight is 377 g/mol. The fourth-order valence-electron chi connectivity index (χ4n) is 3.09. The summed E-state index contributed by atoms with van der Waals surface area (Å²) in [5, 5.41) is 6.25. The zero-order valence-electron chi connectivity index (χ0n) is 16.0. The predicted molar refractivity (Wildman–Crippen MR) is 111 cm³/mol. The fraction of sp³-hybridized carbons (Fsp3) is 0.227. The van der Waals surface area contributed by atoms with Gasteiger partial charge in [-0.05, 0) is 37.1 Å². The van der Waals surface area contributed by atoms with E-state index in [4.69, 9.17) is 0 Å². The van der Waals surface area contributed by atoms with Crippen molar-refractivity contribution in [2.45, 2.75) is 26.8 Å². The van der Waals surface area contributed by atoms with Gasteiger partial charge in [0.2, 0.25) is 5.91 Å². The number of pyridine rings is 1. The quantitative estimate of drug-likeness (QED) is 0.693. The number of anilines is 1. The molecule has 3 aromatic rings. The highest BCUT2D eigenvalue weighted by atomic mass is 16.2. The lowest BCUT2D eigenvalue weighted by molar-refractivity contribution is -0.116. The molecule has 0 spiro atoms. The summed E-state index contributed by atoms with van der Waals surface area (Å²) in [6.45, 7) is 4.30. The first kappa shape index (κ1) is 19.4. The van der Waals surface area contributed by atoms with E-state index < -0.39 is 0 Å². The molecule has 0 aliphatic heterocycles. The van der Waals surface area contributed by atoms with E-state index in [1.807, 2.05) is 32.0 Å². The van der Waals surface area contributed by atoms with E-state index >= 15 is 0 Å². The lowest BCUT2D eigenvalue weighted by Gasteiger charge is -2.14. The van der Waals surface area contributed by atoms with Crippen molar-refractivity contribution in [1.29, 1.82) is 0 Å². The van der Waals surface area contributed by atoms with E-state index in [0.717, 1.165) is 12.0 Å². The number of para-hydroxylation sites is 1. The van der Waals surface area contributed by atoms with E-state index in [9.17, 15) is 14.4 Å². The van der Waals surface area contributed by atoms with Gasteiger partial charge in [0, 0.05) is 23.7 Å². The van der Waals surface area contributed by atoms with Crippen molar-refractivity contribution in [2.75, 3.05) is 11.9 Å². The summed E-state index contributed by atoms with van der Waals surface area (Å²) in [6.07, 6.45) is 0.805. The lowest BCUT2D eigenvalue weighted by atomic mass is 10.1. The van der Waals surface area contributed by atoms with Crippen LogP contribution in [-0.4, -0.2) is 22.9 Å². The van der Waals surface area contributed by atoms with Crippen LogP contribution in [0.4, 0.5) is 5.69 Å². The summed E-state index contributed by atoms with van der Waals surface area (Å²) in [4.78, 5) is 37.6. The molecule has 6 nitrogen and oxygen atoms in total. The SMILES string of the molecule is CCCNC(=O)c1cc(=O)n(CC(=O)Nc2cccc(C)c2)c2ccccc12. The zero-order valence-corrected chi connectivity index (χ0v) is 16.0. The van der Waals surface area contributed by atoms with Crippen molar-refractivity contribution >= 4 is 28.4 Å². The van der Waals surface area contributed by atoms with Gasteiger partial charge in [-0.2, -0.15) is 0 Å². The summed E-state index contributed by atoms with van der Waals surface area (Å²) in [5.74, 6) is -0.590. The number of nitrogens with one attached hydrogen (secondary N) is 2. The van der Waals surface area contributed by atoms with Crippen LogP contribution in [0.1, 0.15) is 29.3 Å². The van der Waals surface area contributed by atoms with E-state index in [1.54, 1.807) is 30.3 Å². The molecule has 0 fully saturated rings. The van der Waals surface area contributed by atoms with Crippen molar-refractivity contribution < 1.29 is 9.59 Å². The second-order valence-corrected chi connectivity index (χ2v) is 6.67. The molecule has 1 heterocycles. The van der Waals surface area contributed by atoms with Crippen molar-refractivity contribution in [3.05, 3.63) is 76.1 Å². The number of rotatable bonds is 6. The monoisotopic (exact) mass is 377 g/mol. The van der Waals surface area contributed by atoms with Gasteiger partial charge in [-0.15, -0.1) is 0 Å². The molecule has 0 bridgehead atoms. The number of hydrogen-bond donors (Lipinski definition) is 2. The topological polar surface area (TPSA) is 80.2 Å². The fourth-order valence-corrected chi connectivity index (χ4v) is 3.09. The summed E-state index contributed by atoms with van der Waals surface area (Å²) < 4.78 is 1.39. The average Bonchev–Trinajstić information content (AvgIpc) is 2.68. The number of amides is 2. The number of carbonyl (C=O) groups excluding carboxylic acids is 2. The van der Waals surface area contributed by atoms with Crippen LogP contribution >= 0.6 is 0 Å². The first-order valence-electron chi connectivity index (χ1n) is 9.27. The predicted octanol–water partition coefficient (Wildman–Crippen LogP) is 3.09. The van der Waals surface area contributed by atoms with Gasteiger partial charge in [0.05, 0.1) is 11.1 Å². The maximum atomic E-state index is 12.7. The molecule has 2 amide bonds. The lowest BCUT2D eigenvalue weighted by Crippen LogP contribution is -2.31. The Labute approximate surface area is 163 Å². The highest BCUT2D eigenvalue weighted by Gasteiger charge is 2.16. The third-order valence-corrected chi connectivity index (χ3v) is 4.40. The molecule has 0 saturated carbocycles. The third kappa shape index (κ3) is 4.28. The van der Waals surface area contributed by atoms with E-state index in [2.05, 4.69) is 10.6 Å². The number of carbonyl (C=O) groups is 2. The number of benzene rings is 2. The molecule has 0 saturated heterocycles. The zero-order chi connectivity index (χ0) is 20.1. The number of hydrogen-bond acceptors (Lipinski definition) is 3. The van der Waals surface area contributed by atoms with Crippen LogP contribution in [0.3, 0.4) is 0 Å². The van der Waals surface area contributed by atoms with Gasteiger partial charge in [-0.3, -0.25) is 19.0 Å². The Hall–Kier alpha value is -3.41. The van der Waals surface area contributed by atoms with Gasteiger partial charge >= 0.3 is 0 Å². The number of nitrogens with zero attached hydrogens (tertiary/aromatic N) is 1. The Balaban J connectivity index is 1.93. The third-order valence-electron chi connectivity index (χ3n) is 4.40. The van der Waals surface area contributed by atoms with Crippen LogP contribution in [0.25, 0.3) is 10.9 Å². The van der Waals surface area contributed by atoms with Gasteiger partial charge < -0.3 is 10.6 Å². The molecule has 0 aliphatic carbocycles. The minimum absolute atomic E-state index is 0.135. The normalized spacial score (nSPS) is 10.6. The summed E-state index contributed by atoms with van der Waals surface area (Å²) >= 11 is 0. The van der Waals surface area contributed by atoms with Crippen LogP contribution in [0.2, 0.25) is 0 Å². The second kappa shape index (κ2) is 8.52. The summed E-state index contributed by atoms with van der Waals surface area (Å²) in [7, 11) is 0. The molecule has 1 aromatic heterocycles. The Kier molecular flexibility index (Phi) is 5.89. The van der Waals surface area contributed by atoms with Crippen molar-refractivity contribution in [3.63, 3.8) is 0 Å². The number of fused-ring (bicyclic) bond motifs is 1. The van der Waals surface area contributed by atoms with Gasteiger partial charge in [0.25, 0.3) is 11.5 Å². The largest absolute Gasteiger partial charge is 0.352 e. The maximum absolute atomic E-state index is 12.7. The molecule has 144 valence electrons. The van der Waals surface area contributed by atoms with Crippen LogP contribution in [0.15, 0.2) is 59.4 Å². The van der Waals surface area contributed by atoms with Crippen LogP contribution in [0.5, 0.6) is 0 Å². The van der Waals surface area contributed by atoms with Crippen LogP contribution < -0.4 is 16.2 Å². The molecule has 28 heavy (non-hydrogen) atoms. The van der Waals surface area contributed by atoms with Crippen molar-refractivity contribution in [3.8, 4) is 0 Å². The summed E-state index contributed by atoms with van der Waals surface area (Å²) in [5.41, 5.74) is 2.20. The van der Waals surface area contributed by atoms with Gasteiger partial charge in [0.15, 0.2) is 0 Å². The van der Waals surface area contributed by atoms with Crippen LogP contribution in [-0.2, 0) is 11.3 Å². The molecule has 0 atom stereocenters. The number of aromatic nitrogens is 1. The van der Waals surface area contributed by atoms with Crippen molar-refractivity contribution in [2.24, 2.45) is 0 Å². The molecule has 0 radical (unpaired) electrons. The Bertz CT molecular complexity index is 1090. The smallest absolute Gasteiger partial charge is 0.252 e. The molecule has 3 rings (SSSR count). The van der Waals surface area contributed by atoms with E-state index in [1.165, 1.54) is 10.6 Å². The molecular formula is C22H23N3O3. The minimum atomic E-state index is -0.389. The maximum Gasteiger partial charge on any atom is 0.252 e.